The number of benzene rings is 1. The summed E-state index contributed by atoms with van der Waals surface area (Å²) in [5, 5.41) is 3.43. The Morgan fingerprint density at radius 2 is 1.72 bits per heavy atom. The van der Waals surface area contributed by atoms with Crippen LogP contribution in [0.1, 0.15) is 44.9 Å². The zero-order valence-corrected chi connectivity index (χ0v) is 12.3. The molecular formula is C16H24FN. The van der Waals surface area contributed by atoms with Gasteiger partial charge in [0.25, 0.3) is 0 Å². The zero-order chi connectivity index (χ0) is 13.7. The minimum atomic E-state index is -0.152. The van der Waals surface area contributed by atoms with Crippen molar-refractivity contribution in [3.8, 4) is 0 Å². The molecule has 2 rings (SSSR count). The maximum atomic E-state index is 13.2. The maximum Gasteiger partial charge on any atom is 0.123 e. The normalized spacial score (nSPS) is 22.8. The van der Waals surface area contributed by atoms with Crippen molar-refractivity contribution < 1.29 is 4.39 Å². The van der Waals surface area contributed by atoms with Crippen LogP contribution in [-0.2, 0) is 0 Å². The summed E-state index contributed by atoms with van der Waals surface area (Å²) in [6.45, 7) is 11.3. The minimum absolute atomic E-state index is 0.152. The van der Waals surface area contributed by atoms with Gasteiger partial charge in [0.15, 0.2) is 0 Å². The first-order valence-electron chi connectivity index (χ1n) is 6.67. The molecule has 1 aromatic rings. The molecule has 0 radical (unpaired) electrons. The predicted molar refractivity (Wildman–Crippen MR) is 74.0 cm³/mol. The van der Waals surface area contributed by atoms with Crippen molar-refractivity contribution in [2.45, 2.75) is 40.7 Å². The van der Waals surface area contributed by atoms with Crippen LogP contribution in [-0.4, -0.2) is 7.05 Å². The van der Waals surface area contributed by atoms with Crippen molar-refractivity contribution in [3.05, 3.63) is 35.1 Å². The first-order chi connectivity index (χ1) is 8.23. The fraction of sp³-hybridized carbons (Fsp3) is 0.625. The van der Waals surface area contributed by atoms with Gasteiger partial charge in [-0.05, 0) is 54.0 Å². The van der Waals surface area contributed by atoms with Gasteiger partial charge in [0, 0.05) is 6.04 Å². The molecule has 0 heterocycles. The maximum absolute atomic E-state index is 13.2. The molecule has 100 valence electrons. The quantitative estimate of drug-likeness (QED) is 0.851. The lowest BCUT2D eigenvalue weighted by molar-refractivity contribution is 0.435. The van der Waals surface area contributed by atoms with Crippen LogP contribution in [0.5, 0.6) is 0 Å². The molecule has 0 saturated heterocycles. The number of hydrogen-bond donors (Lipinski definition) is 1. The van der Waals surface area contributed by atoms with E-state index < -0.39 is 0 Å². The van der Waals surface area contributed by atoms with Crippen LogP contribution in [0, 0.1) is 29.5 Å². The van der Waals surface area contributed by atoms with E-state index in [1.165, 1.54) is 5.56 Å². The van der Waals surface area contributed by atoms with Crippen LogP contribution >= 0.6 is 0 Å². The van der Waals surface area contributed by atoms with Crippen molar-refractivity contribution >= 4 is 0 Å². The van der Waals surface area contributed by atoms with E-state index in [0.717, 1.165) is 5.56 Å². The second-order valence-electron chi connectivity index (χ2n) is 6.69. The van der Waals surface area contributed by atoms with Crippen molar-refractivity contribution in [3.63, 3.8) is 0 Å². The van der Waals surface area contributed by atoms with E-state index in [1.54, 1.807) is 12.1 Å². The third-order valence-electron chi connectivity index (χ3n) is 5.34. The van der Waals surface area contributed by atoms with Gasteiger partial charge in [-0.25, -0.2) is 4.39 Å². The molecule has 1 aromatic carbocycles. The highest BCUT2D eigenvalue weighted by molar-refractivity contribution is 5.33. The first kappa shape index (κ1) is 13.5. The molecule has 18 heavy (non-hydrogen) atoms. The topological polar surface area (TPSA) is 12.0 Å². The predicted octanol–water partition coefficient (Wildman–Crippen LogP) is 4.08. The van der Waals surface area contributed by atoms with Crippen LogP contribution in [0.4, 0.5) is 4.39 Å². The average molecular weight is 249 g/mol. The zero-order valence-electron chi connectivity index (χ0n) is 12.3. The number of rotatable bonds is 3. The van der Waals surface area contributed by atoms with Gasteiger partial charge in [-0.3, -0.25) is 0 Å². The summed E-state index contributed by atoms with van der Waals surface area (Å²) in [4.78, 5) is 0. The fourth-order valence-electron chi connectivity index (χ4n) is 3.57. The van der Waals surface area contributed by atoms with Crippen LogP contribution in [0.15, 0.2) is 18.2 Å². The summed E-state index contributed by atoms with van der Waals surface area (Å²) < 4.78 is 13.2. The third-order valence-corrected chi connectivity index (χ3v) is 5.34. The molecule has 1 unspecified atom stereocenters. The van der Waals surface area contributed by atoms with Crippen LogP contribution < -0.4 is 5.32 Å². The lowest BCUT2D eigenvalue weighted by Gasteiger charge is -2.21. The van der Waals surface area contributed by atoms with E-state index in [4.69, 9.17) is 0 Å². The second kappa shape index (κ2) is 4.06. The largest absolute Gasteiger partial charge is 0.313 e. The van der Waals surface area contributed by atoms with Crippen molar-refractivity contribution in [2.24, 2.45) is 16.7 Å². The highest BCUT2D eigenvalue weighted by Crippen LogP contribution is 2.72. The highest BCUT2D eigenvalue weighted by Gasteiger charge is 2.67. The Labute approximate surface area is 110 Å². The lowest BCUT2D eigenvalue weighted by Crippen LogP contribution is -2.22. The molecule has 0 aromatic heterocycles. The standard InChI is InChI=1S/C16H24FN/c1-10-9-11(17)7-8-12(10)13(18-6)14-15(2,3)16(14,4)5/h7-9,13-14,18H,1-6H3. The molecule has 1 aliphatic carbocycles. The van der Waals surface area contributed by atoms with E-state index in [2.05, 4.69) is 33.0 Å². The van der Waals surface area contributed by atoms with Gasteiger partial charge in [-0.15, -0.1) is 0 Å². The minimum Gasteiger partial charge on any atom is -0.313 e. The van der Waals surface area contributed by atoms with Crippen molar-refractivity contribution in [1.29, 1.82) is 0 Å². The van der Waals surface area contributed by atoms with Gasteiger partial charge in [0.1, 0.15) is 5.82 Å². The van der Waals surface area contributed by atoms with Gasteiger partial charge in [-0.2, -0.15) is 0 Å². The molecule has 2 heteroatoms. The Balaban J connectivity index is 2.37. The smallest absolute Gasteiger partial charge is 0.123 e. The Bertz CT molecular complexity index is 448. The van der Waals surface area contributed by atoms with E-state index in [-0.39, 0.29) is 5.82 Å². The van der Waals surface area contributed by atoms with Gasteiger partial charge in [0.05, 0.1) is 0 Å². The van der Waals surface area contributed by atoms with E-state index in [9.17, 15) is 4.39 Å². The van der Waals surface area contributed by atoms with Gasteiger partial charge in [-0.1, -0.05) is 33.8 Å². The molecule has 1 nitrogen and oxygen atoms in total. The Morgan fingerprint density at radius 1 is 1.17 bits per heavy atom. The fourth-order valence-corrected chi connectivity index (χ4v) is 3.57. The lowest BCUT2D eigenvalue weighted by atomic mass is 9.93. The molecule has 0 bridgehead atoms. The van der Waals surface area contributed by atoms with E-state index in [1.807, 2.05) is 20.0 Å². The third kappa shape index (κ3) is 1.78. The molecule has 1 saturated carbocycles. The molecule has 0 amide bonds. The van der Waals surface area contributed by atoms with Crippen LogP contribution in [0.2, 0.25) is 0 Å². The summed E-state index contributed by atoms with van der Waals surface area (Å²) in [6.07, 6.45) is 0. The van der Waals surface area contributed by atoms with E-state index in [0.29, 0.717) is 22.8 Å². The Morgan fingerprint density at radius 3 is 2.11 bits per heavy atom. The number of halogens is 1. The van der Waals surface area contributed by atoms with E-state index >= 15 is 0 Å². The highest BCUT2D eigenvalue weighted by atomic mass is 19.1. The summed E-state index contributed by atoms with van der Waals surface area (Å²) in [7, 11) is 2.00. The van der Waals surface area contributed by atoms with Gasteiger partial charge in [0.2, 0.25) is 0 Å². The Kier molecular flexibility index (Phi) is 3.05. The average Bonchev–Trinajstić information content (AvgIpc) is 2.64. The summed E-state index contributed by atoms with van der Waals surface area (Å²) in [5.74, 6) is 0.430. The van der Waals surface area contributed by atoms with Crippen molar-refractivity contribution in [1.82, 2.24) is 5.32 Å². The first-order valence-corrected chi connectivity index (χ1v) is 6.67. The molecule has 1 fully saturated rings. The number of nitrogens with one attached hydrogen (secondary N) is 1. The Hall–Kier alpha value is -0.890. The van der Waals surface area contributed by atoms with Gasteiger partial charge < -0.3 is 5.32 Å². The number of aryl methyl sites for hydroxylation is 1. The van der Waals surface area contributed by atoms with Crippen molar-refractivity contribution in [2.75, 3.05) is 7.05 Å². The molecule has 1 atom stereocenters. The molecule has 0 aliphatic heterocycles. The molecular weight excluding hydrogens is 225 g/mol. The summed E-state index contributed by atoms with van der Waals surface area (Å²) in [6, 6.07) is 5.42. The molecule has 1 aliphatic rings. The summed E-state index contributed by atoms with van der Waals surface area (Å²) >= 11 is 0. The SMILES string of the molecule is CNC(c1ccc(F)cc1C)C1C(C)(C)C1(C)C. The van der Waals surface area contributed by atoms with Crippen LogP contribution in [0.25, 0.3) is 0 Å². The van der Waals surface area contributed by atoms with Gasteiger partial charge >= 0.3 is 0 Å². The summed E-state index contributed by atoms with van der Waals surface area (Å²) in [5.41, 5.74) is 2.90. The molecule has 1 N–H and O–H groups in total. The monoisotopic (exact) mass is 249 g/mol. The van der Waals surface area contributed by atoms with Crippen LogP contribution in [0.3, 0.4) is 0 Å². The molecule has 0 spiro atoms. The second-order valence-corrected chi connectivity index (χ2v) is 6.69. The number of hydrogen-bond acceptors (Lipinski definition) is 1.